The van der Waals surface area contributed by atoms with E-state index in [1.54, 1.807) is 0 Å². The highest BCUT2D eigenvalue weighted by Crippen LogP contribution is 2.46. The van der Waals surface area contributed by atoms with Crippen molar-refractivity contribution in [2.24, 2.45) is 0 Å². The summed E-state index contributed by atoms with van der Waals surface area (Å²) in [5.74, 6) is 0.614. The van der Waals surface area contributed by atoms with Gasteiger partial charge in [-0.15, -0.1) is 11.3 Å². The van der Waals surface area contributed by atoms with Gasteiger partial charge in [-0.1, -0.05) is 66.7 Å². The predicted octanol–water partition coefficient (Wildman–Crippen LogP) is 12.0. The fraction of sp³-hybridized carbons (Fsp3) is 0. The van der Waals surface area contributed by atoms with E-state index in [1.807, 2.05) is 53.8 Å². The number of hydrogen-bond donors (Lipinski definition) is 0. The van der Waals surface area contributed by atoms with Crippen molar-refractivity contribution in [2.45, 2.75) is 0 Å². The number of furan rings is 2. The number of hydrogen-bond acceptors (Lipinski definition) is 5. The molecule has 0 aliphatic carbocycles. The van der Waals surface area contributed by atoms with E-state index in [2.05, 4.69) is 89.5 Å². The van der Waals surface area contributed by atoms with Crippen LogP contribution in [0.25, 0.3) is 114 Å². The van der Waals surface area contributed by atoms with Gasteiger partial charge in [0, 0.05) is 52.7 Å². The minimum absolute atomic E-state index is 0.614. The highest BCUT2D eigenvalue weighted by atomic mass is 32.1. The SMILES string of the molecule is c1ccc2c(c1)oc1ccc(-c3nc(-n4c5ccc6cccc7sc8cccc9ccc4c(c98)c5c67)nc4c3oc3ccccc34)cc12. The largest absolute Gasteiger partial charge is 0.456 e. The zero-order valence-corrected chi connectivity index (χ0v) is 26.0. The highest BCUT2D eigenvalue weighted by Gasteiger charge is 2.24. The van der Waals surface area contributed by atoms with Crippen molar-refractivity contribution < 1.29 is 8.83 Å². The second-order valence-electron chi connectivity index (χ2n) is 12.5. The molecule has 0 spiro atoms. The normalized spacial score (nSPS) is 12.6. The Morgan fingerprint density at radius 3 is 1.88 bits per heavy atom. The van der Waals surface area contributed by atoms with Gasteiger partial charge in [0.15, 0.2) is 5.58 Å². The number of rotatable bonds is 2. The van der Waals surface area contributed by atoms with E-state index in [1.165, 1.54) is 41.7 Å². The summed E-state index contributed by atoms with van der Waals surface area (Å²) < 4.78 is 17.5. The lowest BCUT2D eigenvalue weighted by molar-refractivity contribution is 0.666. The monoisotopic (exact) mass is 631 g/mol. The molecule has 0 fully saturated rings. The van der Waals surface area contributed by atoms with E-state index < -0.39 is 0 Å². The lowest BCUT2D eigenvalue weighted by Crippen LogP contribution is -2.03. The summed E-state index contributed by atoms with van der Waals surface area (Å²) in [6.07, 6.45) is 0. The number of benzene rings is 7. The zero-order chi connectivity index (χ0) is 31.1. The summed E-state index contributed by atoms with van der Waals surface area (Å²) in [6, 6.07) is 44.7. The Labute approximate surface area is 275 Å². The molecule has 6 heteroatoms. The molecule has 12 aromatic rings. The van der Waals surface area contributed by atoms with Crippen LogP contribution in [0.2, 0.25) is 0 Å². The second-order valence-corrected chi connectivity index (χ2v) is 13.6. The molecule has 0 saturated heterocycles. The van der Waals surface area contributed by atoms with E-state index >= 15 is 0 Å². The Morgan fingerprint density at radius 2 is 1.15 bits per heavy atom. The topological polar surface area (TPSA) is 57.0 Å². The van der Waals surface area contributed by atoms with E-state index in [-0.39, 0.29) is 0 Å². The van der Waals surface area contributed by atoms with E-state index in [4.69, 9.17) is 18.8 Å². The van der Waals surface area contributed by atoms with Crippen LogP contribution in [0.1, 0.15) is 0 Å². The van der Waals surface area contributed by atoms with Gasteiger partial charge in [0.1, 0.15) is 28.0 Å². The van der Waals surface area contributed by atoms with E-state index in [9.17, 15) is 0 Å². The van der Waals surface area contributed by atoms with Gasteiger partial charge in [-0.25, -0.2) is 9.97 Å². The average Bonchev–Trinajstić information content (AvgIpc) is 3.77. The first-order valence-electron chi connectivity index (χ1n) is 16.0. The van der Waals surface area contributed by atoms with Crippen molar-refractivity contribution in [3.63, 3.8) is 0 Å². The molecule has 5 heterocycles. The van der Waals surface area contributed by atoms with Crippen LogP contribution in [-0.4, -0.2) is 14.5 Å². The van der Waals surface area contributed by atoms with Crippen molar-refractivity contribution in [2.75, 3.05) is 0 Å². The molecule has 222 valence electrons. The molecule has 0 bridgehead atoms. The quantitative estimate of drug-likeness (QED) is 0.190. The van der Waals surface area contributed by atoms with Gasteiger partial charge in [0.05, 0.1) is 11.0 Å². The molecule has 5 nitrogen and oxygen atoms in total. The van der Waals surface area contributed by atoms with Crippen molar-refractivity contribution in [3.8, 4) is 17.2 Å². The first kappa shape index (κ1) is 24.9. The van der Waals surface area contributed by atoms with Gasteiger partial charge in [0.25, 0.3) is 0 Å². The Balaban J connectivity index is 1.26. The van der Waals surface area contributed by atoms with Crippen molar-refractivity contribution in [3.05, 3.63) is 127 Å². The van der Waals surface area contributed by atoms with Crippen LogP contribution in [0.15, 0.2) is 136 Å². The predicted molar refractivity (Wildman–Crippen MR) is 198 cm³/mol. The third kappa shape index (κ3) is 3.10. The van der Waals surface area contributed by atoms with Crippen molar-refractivity contribution in [1.29, 1.82) is 0 Å². The van der Waals surface area contributed by atoms with Crippen LogP contribution >= 0.6 is 11.3 Å². The van der Waals surface area contributed by atoms with Crippen molar-refractivity contribution >= 4 is 108 Å². The molecule has 0 aliphatic heterocycles. The third-order valence-electron chi connectivity index (χ3n) is 9.98. The van der Waals surface area contributed by atoms with Gasteiger partial charge < -0.3 is 8.83 Å². The molecule has 7 aromatic carbocycles. The van der Waals surface area contributed by atoms with Gasteiger partial charge in [-0.05, 0) is 71.4 Å². The van der Waals surface area contributed by atoms with Crippen LogP contribution in [0, 0.1) is 0 Å². The Hall–Kier alpha value is -6.24. The van der Waals surface area contributed by atoms with Crippen LogP contribution in [0.5, 0.6) is 0 Å². The van der Waals surface area contributed by atoms with Gasteiger partial charge in [0.2, 0.25) is 5.95 Å². The first-order chi connectivity index (χ1) is 23.8. The Kier molecular flexibility index (Phi) is 4.55. The average molecular weight is 632 g/mol. The lowest BCUT2D eigenvalue weighted by Gasteiger charge is -2.10. The Bertz CT molecular complexity index is 3200. The standard InChI is InChI=1S/C42H21N3O2S/c1-3-11-30-25(9-1)27-21-24(17-20-32(27)46-30)39-41-40(26-10-2-4-12-31(26)47-41)44-42(43-39)45-28-18-15-22-7-5-13-33-35(22)37(28)38-29(45)19-16-23-8-6-14-34(48-33)36(23)38/h1-21H. The fourth-order valence-corrected chi connectivity index (χ4v) is 9.10. The van der Waals surface area contributed by atoms with Crippen LogP contribution in [-0.2, 0) is 0 Å². The van der Waals surface area contributed by atoms with Gasteiger partial charge >= 0.3 is 0 Å². The summed E-state index contributed by atoms with van der Waals surface area (Å²) in [6.45, 7) is 0. The molecule has 0 aliphatic rings. The van der Waals surface area contributed by atoms with Gasteiger partial charge in [-0.3, -0.25) is 4.57 Å². The lowest BCUT2D eigenvalue weighted by atomic mass is 10.00. The molecule has 0 unspecified atom stereocenters. The van der Waals surface area contributed by atoms with Crippen molar-refractivity contribution in [1.82, 2.24) is 14.5 Å². The molecule has 0 atom stereocenters. The minimum Gasteiger partial charge on any atom is -0.456 e. The van der Waals surface area contributed by atoms with Crippen LogP contribution in [0.4, 0.5) is 0 Å². The molecular formula is C42H21N3O2S. The maximum absolute atomic E-state index is 6.54. The molecule has 48 heavy (non-hydrogen) atoms. The van der Waals surface area contributed by atoms with Gasteiger partial charge in [-0.2, -0.15) is 0 Å². The molecule has 0 radical (unpaired) electrons. The maximum atomic E-state index is 6.54. The summed E-state index contributed by atoms with van der Waals surface area (Å²) in [5, 5.41) is 10.6. The molecule has 5 aromatic heterocycles. The number of para-hydroxylation sites is 2. The Morgan fingerprint density at radius 1 is 0.500 bits per heavy atom. The number of fused-ring (bicyclic) bond motifs is 6. The molecule has 12 rings (SSSR count). The van der Waals surface area contributed by atoms with Crippen LogP contribution in [0.3, 0.4) is 0 Å². The third-order valence-corrected chi connectivity index (χ3v) is 11.1. The minimum atomic E-state index is 0.614. The summed E-state index contributed by atoms with van der Waals surface area (Å²) in [7, 11) is 0. The summed E-state index contributed by atoms with van der Waals surface area (Å²) in [4.78, 5) is 10.7. The summed E-state index contributed by atoms with van der Waals surface area (Å²) in [5.41, 5.74) is 7.83. The number of nitrogens with zero attached hydrogens (tertiary/aromatic N) is 3. The second kappa shape index (κ2) is 8.76. The smallest absolute Gasteiger partial charge is 0.236 e. The fourth-order valence-electron chi connectivity index (χ4n) is 7.93. The highest BCUT2D eigenvalue weighted by molar-refractivity contribution is 7.24. The molecule has 0 saturated carbocycles. The first-order valence-corrected chi connectivity index (χ1v) is 16.8. The van der Waals surface area contributed by atoms with E-state index in [0.717, 1.165) is 60.7 Å². The summed E-state index contributed by atoms with van der Waals surface area (Å²) >= 11 is 1.86. The van der Waals surface area contributed by atoms with E-state index in [0.29, 0.717) is 11.5 Å². The number of aromatic nitrogens is 3. The molecule has 0 N–H and O–H groups in total. The van der Waals surface area contributed by atoms with Crippen LogP contribution < -0.4 is 0 Å². The zero-order valence-electron chi connectivity index (χ0n) is 25.2. The molecular weight excluding hydrogens is 611 g/mol. The molecule has 0 amide bonds. The maximum Gasteiger partial charge on any atom is 0.236 e.